The van der Waals surface area contributed by atoms with Crippen LogP contribution in [0.4, 0.5) is 5.69 Å². The fourth-order valence-corrected chi connectivity index (χ4v) is 3.54. The van der Waals surface area contributed by atoms with Gasteiger partial charge < -0.3 is 11.1 Å². The molecule has 0 radical (unpaired) electrons. The predicted molar refractivity (Wildman–Crippen MR) is 83.0 cm³/mol. The van der Waals surface area contributed by atoms with Gasteiger partial charge in [-0.2, -0.15) is 0 Å². The van der Waals surface area contributed by atoms with Gasteiger partial charge in [-0.1, -0.05) is 12.2 Å². The zero-order valence-electron chi connectivity index (χ0n) is 10.4. The van der Waals surface area contributed by atoms with E-state index in [9.17, 15) is 4.79 Å². The quantitative estimate of drug-likeness (QED) is 0.832. The first-order valence-electron chi connectivity index (χ1n) is 6.45. The minimum atomic E-state index is 0.135. The molecule has 0 aromatic heterocycles. The molecule has 5 heteroatoms. The number of hydrogen-bond donors (Lipinski definition) is 2. The summed E-state index contributed by atoms with van der Waals surface area (Å²) in [4.78, 5) is 12.5. The first-order valence-corrected chi connectivity index (χ1v) is 7.65. The van der Waals surface area contributed by atoms with E-state index < -0.39 is 0 Å². The summed E-state index contributed by atoms with van der Waals surface area (Å²) in [5, 5.41) is 2.99. The van der Waals surface area contributed by atoms with Crippen LogP contribution in [-0.4, -0.2) is 10.9 Å². The summed E-state index contributed by atoms with van der Waals surface area (Å²) in [5.41, 5.74) is 7.15. The Labute approximate surface area is 126 Å². The van der Waals surface area contributed by atoms with Crippen LogP contribution < -0.4 is 11.1 Å². The van der Waals surface area contributed by atoms with Gasteiger partial charge in [-0.25, -0.2) is 0 Å². The SMILES string of the molecule is NC(=S)c1ccc(NC(=O)C2CC3CC3C2)c(Br)c1. The third kappa shape index (κ3) is 2.67. The van der Waals surface area contributed by atoms with Crippen molar-refractivity contribution in [1.29, 1.82) is 0 Å². The highest BCUT2D eigenvalue weighted by molar-refractivity contribution is 9.10. The Morgan fingerprint density at radius 2 is 2.00 bits per heavy atom. The molecule has 100 valence electrons. The molecule has 3 rings (SSSR count). The predicted octanol–water partition coefficient (Wildman–Crippen LogP) is 3.07. The number of rotatable bonds is 3. The van der Waals surface area contributed by atoms with E-state index in [-0.39, 0.29) is 11.8 Å². The Bertz CT molecular complexity index is 550. The van der Waals surface area contributed by atoms with E-state index in [1.54, 1.807) is 0 Å². The molecule has 3 N–H and O–H groups in total. The Hall–Kier alpha value is -0.940. The molecule has 2 saturated carbocycles. The number of nitrogens with two attached hydrogens (primary N) is 1. The van der Waals surface area contributed by atoms with Crippen molar-refractivity contribution in [3.63, 3.8) is 0 Å². The van der Waals surface area contributed by atoms with Crippen LogP contribution in [0.1, 0.15) is 24.8 Å². The molecule has 2 aliphatic carbocycles. The van der Waals surface area contributed by atoms with Crippen molar-refractivity contribution in [2.24, 2.45) is 23.5 Å². The third-order valence-electron chi connectivity index (χ3n) is 4.13. The first kappa shape index (κ1) is 13.1. The van der Waals surface area contributed by atoms with Crippen LogP contribution in [0.2, 0.25) is 0 Å². The lowest BCUT2D eigenvalue weighted by atomic mass is 10.0. The summed E-state index contributed by atoms with van der Waals surface area (Å²) < 4.78 is 0.814. The minimum absolute atomic E-state index is 0.135. The maximum atomic E-state index is 12.2. The average molecular weight is 339 g/mol. The highest BCUT2D eigenvalue weighted by atomic mass is 79.9. The van der Waals surface area contributed by atoms with Crippen molar-refractivity contribution in [3.05, 3.63) is 28.2 Å². The maximum Gasteiger partial charge on any atom is 0.227 e. The normalized spacial score (nSPS) is 27.7. The van der Waals surface area contributed by atoms with Crippen molar-refractivity contribution in [2.45, 2.75) is 19.3 Å². The molecule has 2 fully saturated rings. The van der Waals surface area contributed by atoms with Crippen LogP contribution in [0, 0.1) is 17.8 Å². The lowest BCUT2D eigenvalue weighted by Gasteiger charge is -2.14. The van der Waals surface area contributed by atoms with E-state index >= 15 is 0 Å². The Morgan fingerprint density at radius 1 is 1.32 bits per heavy atom. The van der Waals surface area contributed by atoms with Gasteiger partial charge in [0.25, 0.3) is 0 Å². The standard InChI is InChI=1S/C14H15BrN2OS/c15-11-6-7(13(16)19)1-2-12(11)17-14(18)10-4-8-3-9(8)5-10/h1-2,6,8-10H,3-5H2,(H2,16,19)(H,17,18). The van der Waals surface area contributed by atoms with Gasteiger partial charge in [-0.05, 0) is 65.2 Å². The zero-order valence-corrected chi connectivity index (χ0v) is 12.8. The van der Waals surface area contributed by atoms with Gasteiger partial charge in [0.1, 0.15) is 4.99 Å². The second-order valence-electron chi connectivity index (χ2n) is 5.47. The fraction of sp³-hybridized carbons (Fsp3) is 0.429. The van der Waals surface area contributed by atoms with E-state index in [2.05, 4.69) is 21.2 Å². The smallest absolute Gasteiger partial charge is 0.227 e. The number of carbonyl (C=O) groups excluding carboxylic acids is 1. The number of fused-ring (bicyclic) bond motifs is 1. The maximum absolute atomic E-state index is 12.2. The summed E-state index contributed by atoms with van der Waals surface area (Å²) >= 11 is 8.37. The second kappa shape index (κ2) is 4.87. The number of nitrogens with one attached hydrogen (secondary N) is 1. The molecule has 3 nitrogen and oxygen atoms in total. The largest absolute Gasteiger partial charge is 0.389 e. The monoisotopic (exact) mass is 338 g/mol. The van der Waals surface area contributed by atoms with Crippen molar-refractivity contribution in [2.75, 3.05) is 5.32 Å². The first-order chi connectivity index (χ1) is 9.04. The van der Waals surface area contributed by atoms with Crippen molar-refractivity contribution >= 4 is 44.7 Å². The summed E-state index contributed by atoms with van der Waals surface area (Å²) in [7, 11) is 0. The Balaban J connectivity index is 1.69. The molecule has 1 amide bonds. The van der Waals surface area contributed by atoms with Crippen LogP contribution in [0.3, 0.4) is 0 Å². The molecule has 2 aliphatic rings. The van der Waals surface area contributed by atoms with Crippen LogP contribution in [-0.2, 0) is 4.79 Å². The summed E-state index contributed by atoms with van der Waals surface area (Å²) in [6, 6.07) is 5.51. The van der Waals surface area contributed by atoms with E-state index in [0.29, 0.717) is 4.99 Å². The summed E-state index contributed by atoms with van der Waals surface area (Å²) in [6.45, 7) is 0. The molecule has 0 heterocycles. The van der Waals surface area contributed by atoms with Gasteiger partial charge in [0.05, 0.1) is 5.69 Å². The molecular weight excluding hydrogens is 324 g/mol. The average Bonchev–Trinajstić information content (AvgIpc) is 2.98. The highest BCUT2D eigenvalue weighted by Gasteiger charge is 2.47. The van der Waals surface area contributed by atoms with Crippen LogP contribution in [0.5, 0.6) is 0 Å². The molecule has 2 atom stereocenters. The summed E-state index contributed by atoms with van der Waals surface area (Å²) in [6.07, 6.45) is 3.44. The number of carbonyl (C=O) groups is 1. The molecule has 0 spiro atoms. The number of halogens is 1. The number of anilines is 1. The zero-order chi connectivity index (χ0) is 13.6. The number of amides is 1. The van der Waals surface area contributed by atoms with E-state index in [1.807, 2.05) is 18.2 Å². The van der Waals surface area contributed by atoms with E-state index in [0.717, 1.165) is 40.4 Å². The lowest BCUT2D eigenvalue weighted by molar-refractivity contribution is -0.120. The van der Waals surface area contributed by atoms with Crippen molar-refractivity contribution in [1.82, 2.24) is 0 Å². The molecule has 19 heavy (non-hydrogen) atoms. The minimum Gasteiger partial charge on any atom is -0.389 e. The van der Waals surface area contributed by atoms with Gasteiger partial charge in [0.15, 0.2) is 0 Å². The topological polar surface area (TPSA) is 55.1 Å². The van der Waals surface area contributed by atoms with Gasteiger partial charge in [-0.3, -0.25) is 4.79 Å². The lowest BCUT2D eigenvalue weighted by Crippen LogP contribution is -2.22. The molecule has 0 aliphatic heterocycles. The van der Waals surface area contributed by atoms with Crippen molar-refractivity contribution < 1.29 is 4.79 Å². The number of benzene rings is 1. The summed E-state index contributed by atoms with van der Waals surface area (Å²) in [5.74, 6) is 1.95. The highest BCUT2D eigenvalue weighted by Crippen LogP contribution is 2.54. The molecular formula is C14H15BrN2OS. The van der Waals surface area contributed by atoms with Gasteiger partial charge in [-0.15, -0.1) is 0 Å². The molecule has 1 aromatic rings. The van der Waals surface area contributed by atoms with Crippen LogP contribution in [0.15, 0.2) is 22.7 Å². The van der Waals surface area contributed by atoms with Gasteiger partial charge >= 0.3 is 0 Å². The van der Waals surface area contributed by atoms with E-state index in [4.69, 9.17) is 18.0 Å². The third-order valence-corrected chi connectivity index (χ3v) is 5.02. The molecule has 0 bridgehead atoms. The molecule has 1 aromatic carbocycles. The van der Waals surface area contributed by atoms with E-state index in [1.165, 1.54) is 6.42 Å². The van der Waals surface area contributed by atoms with Gasteiger partial charge in [0, 0.05) is 16.0 Å². The van der Waals surface area contributed by atoms with Crippen LogP contribution in [0.25, 0.3) is 0 Å². The van der Waals surface area contributed by atoms with Crippen molar-refractivity contribution in [3.8, 4) is 0 Å². The van der Waals surface area contributed by atoms with Crippen LogP contribution >= 0.6 is 28.1 Å². The fourth-order valence-electron chi connectivity index (χ4n) is 2.93. The Morgan fingerprint density at radius 3 is 2.58 bits per heavy atom. The Kier molecular flexibility index (Phi) is 3.35. The van der Waals surface area contributed by atoms with Gasteiger partial charge in [0.2, 0.25) is 5.91 Å². The molecule has 0 saturated heterocycles. The number of thiocarbonyl (C=S) groups is 1. The second-order valence-corrected chi connectivity index (χ2v) is 6.77. The number of hydrogen-bond acceptors (Lipinski definition) is 2. The molecule has 2 unspecified atom stereocenters.